The standard InChI is InChI=1S/C27H19F5N4O3/c28-18-3-2-16(11-19(18)29)34-27(38)35-22-12-20(30)24(31)23(25(22)32)26(37)14-1-4-21-15(9-14)10-17(13-33-21)36-5-7-39-8-6-36/h1-4,9-13H,5-8H2,(H2,34,35,38). The summed E-state index contributed by atoms with van der Waals surface area (Å²) in [5, 5.41) is 4.58. The lowest BCUT2D eigenvalue weighted by Gasteiger charge is -2.28. The lowest BCUT2D eigenvalue weighted by atomic mass is 9.99. The van der Waals surface area contributed by atoms with E-state index in [9.17, 15) is 27.2 Å². The molecule has 1 fully saturated rings. The lowest BCUT2D eigenvalue weighted by Crippen LogP contribution is -2.36. The molecule has 39 heavy (non-hydrogen) atoms. The van der Waals surface area contributed by atoms with Crippen LogP contribution in [0.5, 0.6) is 0 Å². The molecule has 2 heterocycles. The van der Waals surface area contributed by atoms with Gasteiger partial charge in [-0.05, 0) is 36.4 Å². The lowest BCUT2D eigenvalue weighted by molar-refractivity contribution is 0.103. The first kappa shape index (κ1) is 26.0. The highest BCUT2D eigenvalue weighted by atomic mass is 19.2. The van der Waals surface area contributed by atoms with Gasteiger partial charge in [0, 0.05) is 41.9 Å². The molecule has 12 heteroatoms. The molecule has 1 aliphatic heterocycles. The number of aromatic nitrogens is 1. The van der Waals surface area contributed by atoms with E-state index in [0.717, 1.165) is 17.8 Å². The summed E-state index contributed by atoms with van der Waals surface area (Å²) in [6.45, 7) is 2.38. The van der Waals surface area contributed by atoms with E-state index >= 15 is 4.39 Å². The maximum atomic E-state index is 15.3. The maximum absolute atomic E-state index is 15.3. The van der Waals surface area contributed by atoms with Gasteiger partial charge in [-0.3, -0.25) is 9.78 Å². The van der Waals surface area contributed by atoms with Crippen LogP contribution < -0.4 is 15.5 Å². The predicted molar refractivity (Wildman–Crippen MR) is 134 cm³/mol. The summed E-state index contributed by atoms with van der Waals surface area (Å²) in [5.74, 6) is -8.39. The summed E-state index contributed by atoms with van der Waals surface area (Å²) < 4.78 is 76.2. The van der Waals surface area contributed by atoms with Crippen molar-refractivity contribution in [1.29, 1.82) is 0 Å². The first-order valence-corrected chi connectivity index (χ1v) is 11.7. The van der Waals surface area contributed by atoms with Gasteiger partial charge in [-0.15, -0.1) is 0 Å². The van der Waals surface area contributed by atoms with Crippen LogP contribution in [0.25, 0.3) is 10.9 Å². The van der Waals surface area contributed by atoms with Crippen LogP contribution >= 0.6 is 0 Å². The number of urea groups is 1. The number of benzene rings is 3. The molecule has 1 aliphatic rings. The van der Waals surface area contributed by atoms with E-state index in [1.165, 1.54) is 18.2 Å². The van der Waals surface area contributed by atoms with Gasteiger partial charge in [-0.25, -0.2) is 26.7 Å². The Morgan fingerprint density at radius 3 is 2.33 bits per heavy atom. The second-order valence-electron chi connectivity index (χ2n) is 8.65. The Kier molecular flexibility index (Phi) is 7.11. The molecule has 0 aliphatic carbocycles. The van der Waals surface area contributed by atoms with Crippen LogP contribution in [0.1, 0.15) is 15.9 Å². The van der Waals surface area contributed by atoms with Crippen molar-refractivity contribution in [3.8, 4) is 0 Å². The topological polar surface area (TPSA) is 83.6 Å². The fourth-order valence-electron chi connectivity index (χ4n) is 4.15. The van der Waals surface area contributed by atoms with Gasteiger partial charge in [0.25, 0.3) is 0 Å². The van der Waals surface area contributed by atoms with Gasteiger partial charge in [0.1, 0.15) is 0 Å². The second-order valence-corrected chi connectivity index (χ2v) is 8.65. The highest BCUT2D eigenvalue weighted by Crippen LogP contribution is 2.29. The van der Waals surface area contributed by atoms with E-state index in [1.54, 1.807) is 12.3 Å². The summed E-state index contributed by atoms with van der Waals surface area (Å²) in [7, 11) is 0. The molecule has 0 bridgehead atoms. The van der Waals surface area contributed by atoms with E-state index in [1.807, 2.05) is 10.2 Å². The molecule has 0 saturated carbocycles. The minimum atomic E-state index is -1.73. The third kappa shape index (κ3) is 5.36. The zero-order chi connectivity index (χ0) is 27.7. The molecule has 1 saturated heterocycles. The molecule has 200 valence electrons. The molecule has 2 N–H and O–H groups in total. The second kappa shape index (κ2) is 10.7. The number of amides is 2. The number of nitrogens with zero attached hydrogens (tertiary/aromatic N) is 2. The summed E-state index contributed by atoms with van der Waals surface area (Å²) in [6, 6.07) is 7.62. The maximum Gasteiger partial charge on any atom is 0.323 e. The van der Waals surface area contributed by atoms with Crippen molar-refractivity contribution in [3.63, 3.8) is 0 Å². The van der Waals surface area contributed by atoms with Crippen LogP contribution in [0.2, 0.25) is 0 Å². The Morgan fingerprint density at radius 2 is 1.59 bits per heavy atom. The van der Waals surface area contributed by atoms with Crippen molar-refractivity contribution < 1.29 is 36.3 Å². The number of ketones is 1. The number of rotatable bonds is 5. The van der Waals surface area contributed by atoms with Crippen LogP contribution in [-0.2, 0) is 4.74 Å². The Hall–Kier alpha value is -4.58. The van der Waals surface area contributed by atoms with Gasteiger partial charge in [-0.2, -0.15) is 0 Å². The third-order valence-electron chi connectivity index (χ3n) is 6.11. The highest BCUT2D eigenvalue weighted by molar-refractivity contribution is 6.12. The van der Waals surface area contributed by atoms with Gasteiger partial charge >= 0.3 is 6.03 Å². The number of carbonyl (C=O) groups excluding carboxylic acids is 2. The van der Waals surface area contributed by atoms with E-state index in [0.29, 0.717) is 49.3 Å². The molecule has 0 atom stereocenters. The number of halogens is 5. The van der Waals surface area contributed by atoms with Crippen molar-refractivity contribution >= 4 is 39.8 Å². The average molecular weight is 542 g/mol. The number of carbonyl (C=O) groups is 2. The fourth-order valence-corrected chi connectivity index (χ4v) is 4.15. The van der Waals surface area contributed by atoms with Crippen molar-refractivity contribution in [2.75, 3.05) is 41.8 Å². The number of morpholine rings is 1. The normalized spacial score (nSPS) is 13.4. The van der Waals surface area contributed by atoms with E-state index in [2.05, 4.69) is 10.3 Å². The number of hydrogen-bond acceptors (Lipinski definition) is 5. The average Bonchev–Trinajstić information content (AvgIpc) is 2.93. The highest BCUT2D eigenvalue weighted by Gasteiger charge is 2.26. The van der Waals surface area contributed by atoms with Crippen LogP contribution in [0.15, 0.2) is 54.7 Å². The molecule has 2 amide bonds. The summed E-state index contributed by atoms with van der Waals surface area (Å²) in [6.07, 6.45) is 1.67. The molecule has 1 aromatic heterocycles. The summed E-state index contributed by atoms with van der Waals surface area (Å²) >= 11 is 0. The number of ether oxygens (including phenoxy) is 1. The number of nitrogens with one attached hydrogen (secondary N) is 2. The van der Waals surface area contributed by atoms with Crippen molar-refractivity contribution in [2.45, 2.75) is 0 Å². The summed E-state index contributed by atoms with van der Waals surface area (Å²) in [4.78, 5) is 31.8. The molecule has 0 unspecified atom stereocenters. The molecule has 0 radical (unpaired) electrons. The molecule has 3 aromatic carbocycles. The Morgan fingerprint density at radius 1 is 0.821 bits per heavy atom. The minimum absolute atomic E-state index is 0.135. The molecule has 5 rings (SSSR count). The van der Waals surface area contributed by atoms with Crippen molar-refractivity contribution in [3.05, 3.63) is 94.9 Å². The van der Waals surface area contributed by atoms with E-state index in [-0.39, 0.29) is 11.3 Å². The van der Waals surface area contributed by atoms with E-state index in [4.69, 9.17) is 4.74 Å². The molecular formula is C27H19F5N4O3. The summed E-state index contributed by atoms with van der Waals surface area (Å²) in [5.41, 5.74) is -1.07. The van der Waals surface area contributed by atoms with E-state index < -0.39 is 52.2 Å². The Labute approximate surface area is 218 Å². The van der Waals surface area contributed by atoms with Gasteiger partial charge in [-0.1, -0.05) is 0 Å². The molecule has 4 aromatic rings. The first-order chi connectivity index (χ1) is 18.7. The largest absolute Gasteiger partial charge is 0.378 e. The molecule has 0 spiro atoms. The smallest absolute Gasteiger partial charge is 0.323 e. The van der Waals surface area contributed by atoms with Gasteiger partial charge in [0.2, 0.25) is 0 Å². The number of hydrogen-bond donors (Lipinski definition) is 2. The fraction of sp³-hybridized carbons (Fsp3) is 0.148. The quantitative estimate of drug-likeness (QED) is 0.194. The molecular weight excluding hydrogens is 523 g/mol. The van der Waals surface area contributed by atoms with Gasteiger partial charge in [0.05, 0.1) is 41.9 Å². The third-order valence-corrected chi connectivity index (χ3v) is 6.11. The molecule has 7 nitrogen and oxygen atoms in total. The van der Waals surface area contributed by atoms with Gasteiger partial charge < -0.3 is 20.3 Å². The van der Waals surface area contributed by atoms with Crippen molar-refractivity contribution in [1.82, 2.24) is 4.98 Å². The number of anilines is 3. The van der Waals surface area contributed by atoms with Gasteiger partial charge in [0.15, 0.2) is 34.9 Å². The van der Waals surface area contributed by atoms with Crippen LogP contribution in [-0.4, -0.2) is 43.1 Å². The van der Waals surface area contributed by atoms with Crippen molar-refractivity contribution in [2.24, 2.45) is 0 Å². The Balaban J connectivity index is 1.43. The minimum Gasteiger partial charge on any atom is -0.378 e. The first-order valence-electron chi connectivity index (χ1n) is 11.7. The SMILES string of the molecule is O=C(Nc1ccc(F)c(F)c1)Nc1cc(F)c(F)c(C(=O)c2ccc3ncc(N4CCOCC4)cc3c2)c1F. The van der Waals surface area contributed by atoms with Crippen LogP contribution in [0, 0.1) is 29.1 Å². The number of pyridine rings is 1. The van der Waals surface area contributed by atoms with Crippen LogP contribution in [0.3, 0.4) is 0 Å². The zero-order valence-electron chi connectivity index (χ0n) is 20.0. The zero-order valence-corrected chi connectivity index (χ0v) is 20.0. The Bertz CT molecular complexity index is 1610. The monoisotopic (exact) mass is 542 g/mol. The van der Waals surface area contributed by atoms with Crippen LogP contribution in [0.4, 0.5) is 43.8 Å². The number of fused-ring (bicyclic) bond motifs is 1. The predicted octanol–water partition coefficient (Wildman–Crippen LogP) is 5.64.